The molecule has 0 fully saturated rings. The van der Waals surface area contributed by atoms with Crippen molar-refractivity contribution in [1.29, 1.82) is 0 Å². The molecule has 5 nitrogen and oxygen atoms in total. The highest BCUT2D eigenvalue weighted by atomic mass is 35.5. The summed E-state index contributed by atoms with van der Waals surface area (Å²) in [5.41, 5.74) is 1.16. The van der Waals surface area contributed by atoms with E-state index in [9.17, 15) is 4.79 Å². The molecule has 0 N–H and O–H groups in total. The van der Waals surface area contributed by atoms with Crippen LogP contribution in [0.5, 0.6) is 5.75 Å². The van der Waals surface area contributed by atoms with Crippen LogP contribution in [-0.4, -0.2) is 50.1 Å². The zero-order chi connectivity index (χ0) is 20.3. The first-order valence-electron chi connectivity index (χ1n) is 8.75. The Labute approximate surface area is 190 Å². The number of methoxy groups -OCH3 is 1. The number of carbonyl (C=O) groups is 1. The molecular formula is C20H22Cl3N3O2S. The molecule has 0 radical (unpaired) electrons. The maximum atomic E-state index is 13.3. The number of thiazole rings is 1. The largest absolute Gasteiger partial charge is 0.497 e. The van der Waals surface area contributed by atoms with Gasteiger partial charge in [0.2, 0.25) is 0 Å². The predicted molar refractivity (Wildman–Crippen MR) is 125 cm³/mol. The fourth-order valence-corrected chi connectivity index (χ4v) is 4.11. The minimum absolute atomic E-state index is 0. The molecule has 1 heterocycles. The van der Waals surface area contributed by atoms with Crippen LogP contribution in [0.4, 0.5) is 5.13 Å². The number of aromatic nitrogens is 1. The Morgan fingerprint density at radius 3 is 2.59 bits per heavy atom. The number of hydrogen-bond acceptors (Lipinski definition) is 5. The van der Waals surface area contributed by atoms with Crippen molar-refractivity contribution in [3.05, 3.63) is 52.0 Å². The van der Waals surface area contributed by atoms with Gasteiger partial charge in [-0.3, -0.25) is 9.69 Å². The van der Waals surface area contributed by atoms with Crippen LogP contribution in [0.3, 0.4) is 0 Å². The first-order chi connectivity index (χ1) is 13.4. The van der Waals surface area contributed by atoms with Crippen LogP contribution in [0.15, 0.2) is 36.4 Å². The molecule has 2 aromatic carbocycles. The van der Waals surface area contributed by atoms with E-state index >= 15 is 0 Å². The molecular weight excluding hydrogens is 453 g/mol. The highest BCUT2D eigenvalue weighted by Gasteiger charge is 2.23. The lowest BCUT2D eigenvalue weighted by Gasteiger charge is -2.21. The van der Waals surface area contributed by atoms with E-state index in [-0.39, 0.29) is 18.3 Å². The van der Waals surface area contributed by atoms with Gasteiger partial charge in [0.25, 0.3) is 5.91 Å². The van der Waals surface area contributed by atoms with Crippen molar-refractivity contribution in [2.45, 2.75) is 6.42 Å². The summed E-state index contributed by atoms with van der Waals surface area (Å²) >= 11 is 13.8. The van der Waals surface area contributed by atoms with E-state index in [1.165, 1.54) is 11.3 Å². The van der Waals surface area contributed by atoms with E-state index in [1.54, 1.807) is 30.2 Å². The molecule has 0 saturated heterocycles. The van der Waals surface area contributed by atoms with Gasteiger partial charge in [-0.25, -0.2) is 4.98 Å². The lowest BCUT2D eigenvalue weighted by Crippen LogP contribution is -2.33. The van der Waals surface area contributed by atoms with Crippen LogP contribution in [0, 0.1) is 0 Å². The molecule has 0 atom stereocenters. The zero-order valence-corrected chi connectivity index (χ0v) is 19.5. The van der Waals surface area contributed by atoms with Gasteiger partial charge in [-0.15, -0.1) is 12.4 Å². The van der Waals surface area contributed by atoms with Crippen LogP contribution < -0.4 is 9.64 Å². The predicted octanol–water partition coefficient (Wildman–Crippen LogP) is 5.63. The van der Waals surface area contributed by atoms with Gasteiger partial charge >= 0.3 is 0 Å². The maximum Gasteiger partial charge on any atom is 0.261 e. The number of carbonyl (C=O) groups excluding carboxylic acids is 1. The molecule has 0 unspecified atom stereocenters. The Balaban J connectivity index is 0.00000300. The first-order valence-corrected chi connectivity index (χ1v) is 10.3. The molecule has 1 aromatic heterocycles. The Hall–Kier alpha value is -1.57. The number of rotatable bonds is 7. The summed E-state index contributed by atoms with van der Waals surface area (Å²) < 4.78 is 6.26. The summed E-state index contributed by atoms with van der Waals surface area (Å²) in [7, 11) is 5.63. The minimum Gasteiger partial charge on any atom is -0.497 e. The van der Waals surface area contributed by atoms with Crippen LogP contribution >= 0.6 is 46.9 Å². The smallest absolute Gasteiger partial charge is 0.261 e. The lowest BCUT2D eigenvalue weighted by molar-refractivity contribution is 0.0986. The Kier molecular flexibility index (Phi) is 8.55. The van der Waals surface area contributed by atoms with Gasteiger partial charge in [0, 0.05) is 17.6 Å². The second-order valence-corrected chi connectivity index (χ2v) is 8.42. The molecule has 0 aliphatic heterocycles. The summed E-state index contributed by atoms with van der Waals surface area (Å²) in [6, 6.07) is 10.6. The van der Waals surface area contributed by atoms with Crippen molar-refractivity contribution in [2.24, 2.45) is 0 Å². The Morgan fingerprint density at radius 2 is 1.90 bits per heavy atom. The summed E-state index contributed by atoms with van der Waals surface area (Å²) in [6.07, 6.45) is 0.802. The third kappa shape index (κ3) is 5.74. The zero-order valence-electron chi connectivity index (χ0n) is 16.3. The van der Waals surface area contributed by atoms with E-state index in [0.717, 1.165) is 28.9 Å². The van der Waals surface area contributed by atoms with Gasteiger partial charge in [0.15, 0.2) is 5.13 Å². The van der Waals surface area contributed by atoms with Crippen molar-refractivity contribution < 1.29 is 9.53 Å². The summed E-state index contributed by atoms with van der Waals surface area (Å²) in [6.45, 7) is 1.38. The van der Waals surface area contributed by atoms with Crippen LogP contribution in [0.1, 0.15) is 16.8 Å². The molecule has 9 heteroatoms. The number of amides is 1. The standard InChI is InChI=1S/C20H21Cl2N3O2S.ClH/c1-24(2)9-4-10-25(19(26)15-11-13(21)5-7-16(15)22)20-23-17-12-14(27-3)6-8-18(17)28-20;/h5-8,11-12H,4,9-10H2,1-3H3;1H. The molecule has 0 aliphatic carbocycles. The van der Waals surface area contributed by atoms with Crippen LogP contribution in [-0.2, 0) is 0 Å². The van der Waals surface area contributed by atoms with Gasteiger partial charge in [0.05, 0.1) is 27.9 Å². The van der Waals surface area contributed by atoms with E-state index in [4.69, 9.17) is 27.9 Å². The van der Waals surface area contributed by atoms with E-state index < -0.39 is 0 Å². The maximum absolute atomic E-state index is 13.3. The topological polar surface area (TPSA) is 45.7 Å². The average molecular weight is 475 g/mol. The van der Waals surface area contributed by atoms with E-state index in [1.807, 2.05) is 32.3 Å². The molecule has 0 bridgehead atoms. The number of anilines is 1. The van der Waals surface area contributed by atoms with Crippen LogP contribution in [0.2, 0.25) is 10.0 Å². The van der Waals surface area contributed by atoms with E-state index in [0.29, 0.717) is 27.3 Å². The number of ether oxygens (including phenoxy) is 1. The third-order valence-electron chi connectivity index (χ3n) is 4.21. The fraction of sp³-hybridized carbons (Fsp3) is 0.300. The molecule has 0 saturated carbocycles. The summed E-state index contributed by atoms with van der Waals surface area (Å²) in [4.78, 5) is 21.7. The van der Waals surface area contributed by atoms with Crippen LogP contribution in [0.25, 0.3) is 10.2 Å². The Morgan fingerprint density at radius 1 is 1.14 bits per heavy atom. The number of halogens is 3. The second kappa shape index (κ2) is 10.5. The van der Waals surface area contributed by atoms with Gasteiger partial charge in [0.1, 0.15) is 5.75 Å². The number of fused-ring (bicyclic) bond motifs is 1. The highest BCUT2D eigenvalue weighted by molar-refractivity contribution is 7.22. The monoisotopic (exact) mass is 473 g/mol. The van der Waals surface area contributed by atoms with Crippen molar-refractivity contribution in [2.75, 3.05) is 39.2 Å². The van der Waals surface area contributed by atoms with Crippen molar-refractivity contribution >= 4 is 68.2 Å². The van der Waals surface area contributed by atoms with Crippen molar-refractivity contribution in [3.8, 4) is 5.75 Å². The molecule has 29 heavy (non-hydrogen) atoms. The second-order valence-electron chi connectivity index (χ2n) is 6.57. The number of nitrogens with zero attached hydrogens (tertiary/aromatic N) is 3. The van der Waals surface area contributed by atoms with E-state index in [2.05, 4.69) is 9.88 Å². The first kappa shape index (κ1) is 23.7. The average Bonchev–Trinajstić information content (AvgIpc) is 3.09. The number of hydrogen-bond donors (Lipinski definition) is 0. The van der Waals surface area contributed by atoms with Crippen molar-refractivity contribution in [3.63, 3.8) is 0 Å². The van der Waals surface area contributed by atoms with Gasteiger partial charge in [-0.05, 0) is 57.4 Å². The molecule has 156 valence electrons. The molecule has 3 aromatic rings. The summed E-state index contributed by atoms with van der Waals surface area (Å²) in [5, 5.41) is 1.47. The van der Waals surface area contributed by atoms with Gasteiger partial charge in [-0.1, -0.05) is 34.5 Å². The quantitative estimate of drug-likeness (QED) is 0.445. The normalized spacial score (nSPS) is 10.8. The fourth-order valence-electron chi connectivity index (χ4n) is 2.77. The third-order valence-corrected chi connectivity index (χ3v) is 5.83. The number of benzene rings is 2. The molecule has 0 spiro atoms. The highest BCUT2D eigenvalue weighted by Crippen LogP contribution is 2.33. The van der Waals surface area contributed by atoms with Gasteiger partial charge < -0.3 is 9.64 Å². The molecule has 0 aliphatic rings. The lowest BCUT2D eigenvalue weighted by atomic mass is 10.2. The Bertz CT molecular complexity index is 994. The molecule has 3 rings (SSSR count). The SMILES string of the molecule is COc1ccc2sc(N(CCCN(C)C)C(=O)c3cc(Cl)ccc3Cl)nc2c1.Cl. The minimum atomic E-state index is -0.211. The van der Waals surface area contributed by atoms with Crippen molar-refractivity contribution in [1.82, 2.24) is 9.88 Å². The van der Waals surface area contributed by atoms with Gasteiger partial charge in [-0.2, -0.15) is 0 Å². The summed E-state index contributed by atoms with van der Waals surface area (Å²) in [5.74, 6) is 0.519. The molecule has 1 amide bonds.